The van der Waals surface area contributed by atoms with E-state index < -0.39 is 6.04 Å². The van der Waals surface area contributed by atoms with Crippen molar-refractivity contribution in [1.82, 2.24) is 0 Å². The molecule has 0 aliphatic heterocycles. The van der Waals surface area contributed by atoms with Gasteiger partial charge >= 0.3 is 0 Å². The van der Waals surface area contributed by atoms with Crippen LogP contribution in [0.5, 0.6) is 5.75 Å². The van der Waals surface area contributed by atoms with E-state index in [0.29, 0.717) is 22.4 Å². The summed E-state index contributed by atoms with van der Waals surface area (Å²) < 4.78 is 20.2. The fourth-order valence-corrected chi connectivity index (χ4v) is 2.58. The van der Waals surface area contributed by atoms with Crippen molar-refractivity contribution in [2.24, 2.45) is 5.73 Å². The number of hydrogen-bond donors (Lipinski definition) is 1. The summed E-state index contributed by atoms with van der Waals surface area (Å²) in [6.45, 7) is 2.45. The molecule has 0 fully saturated rings. The zero-order valence-electron chi connectivity index (χ0n) is 10.6. The van der Waals surface area contributed by atoms with Crippen molar-refractivity contribution in [1.29, 1.82) is 0 Å². The number of para-hydroxylation sites is 1. The molecule has 0 aliphatic carbocycles. The van der Waals surface area contributed by atoms with Gasteiger partial charge in [-0.25, -0.2) is 4.39 Å². The van der Waals surface area contributed by atoms with Gasteiger partial charge in [-0.05, 0) is 25.1 Å². The van der Waals surface area contributed by atoms with Crippen molar-refractivity contribution >= 4 is 15.9 Å². The van der Waals surface area contributed by atoms with E-state index in [1.54, 1.807) is 12.1 Å². The molecular weight excluding hydrogens is 309 g/mol. The molecule has 1 atom stereocenters. The second-order valence-electron chi connectivity index (χ2n) is 4.08. The van der Waals surface area contributed by atoms with Crippen LogP contribution in [0.2, 0.25) is 0 Å². The van der Waals surface area contributed by atoms with Gasteiger partial charge in [0.05, 0.1) is 12.6 Å². The van der Waals surface area contributed by atoms with Crippen LogP contribution < -0.4 is 10.5 Å². The minimum absolute atomic E-state index is 0.326. The van der Waals surface area contributed by atoms with Gasteiger partial charge in [-0.15, -0.1) is 0 Å². The molecule has 2 N–H and O–H groups in total. The molecule has 2 aromatic rings. The lowest BCUT2D eigenvalue weighted by molar-refractivity contribution is 0.335. The van der Waals surface area contributed by atoms with E-state index in [1.807, 2.05) is 31.2 Å². The largest absolute Gasteiger partial charge is 0.494 e. The molecule has 19 heavy (non-hydrogen) atoms. The van der Waals surface area contributed by atoms with Crippen LogP contribution in [-0.2, 0) is 0 Å². The quantitative estimate of drug-likeness (QED) is 0.921. The summed E-state index contributed by atoms with van der Waals surface area (Å²) in [6, 6.07) is 11.7. The van der Waals surface area contributed by atoms with Crippen molar-refractivity contribution in [2.45, 2.75) is 13.0 Å². The van der Waals surface area contributed by atoms with E-state index in [4.69, 9.17) is 10.5 Å². The lowest BCUT2D eigenvalue weighted by Crippen LogP contribution is -2.15. The molecule has 0 aromatic heterocycles. The van der Waals surface area contributed by atoms with Crippen LogP contribution in [0.3, 0.4) is 0 Å². The van der Waals surface area contributed by atoms with E-state index in [9.17, 15) is 4.39 Å². The Hall–Kier alpha value is -1.39. The summed E-state index contributed by atoms with van der Waals surface area (Å²) in [5.74, 6) is 0.362. The van der Waals surface area contributed by atoms with Gasteiger partial charge in [0.15, 0.2) is 0 Å². The van der Waals surface area contributed by atoms with Gasteiger partial charge in [0, 0.05) is 15.6 Å². The van der Waals surface area contributed by atoms with Gasteiger partial charge in [0.25, 0.3) is 0 Å². The molecular formula is C15H15BrFNO. The number of halogens is 2. The number of hydrogen-bond acceptors (Lipinski definition) is 2. The summed E-state index contributed by atoms with van der Waals surface area (Å²) in [4.78, 5) is 0. The van der Waals surface area contributed by atoms with Crippen molar-refractivity contribution in [3.63, 3.8) is 0 Å². The van der Waals surface area contributed by atoms with Crippen molar-refractivity contribution in [2.75, 3.05) is 6.61 Å². The second-order valence-corrected chi connectivity index (χ2v) is 4.94. The smallest absolute Gasteiger partial charge is 0.129 e. The van der Waals surface area contributed by atoms with Gasteiger partial charge in [-0.2, -0.15) is 0 Å². The monoisotopic (exact) mass is 323 g/mol. The third-order valence-corrected chi connectivity index (χ3v) is 3.56. The standard InChI is InChI=1S/C15H15BrFNO/c1-2-19-13-9-4-3-6-10(13)15(18)14-11(16)7-5-8-12(14)17/h3-9,15H,2,18H2,1H3. The van der Waals surface area contributed by atoms with Crippen LogP contribution in [0, 0.1) is 5.82 Å². The first-order valence-corrected chi connectivity index (χ1v) is 6.85. The fourth-order valence-electron chi connectivity index (χ4n) is 1.99. The zero-order chi connectivity index (χ0) is 13.8. The Balaban J connectivity index is 2.47. The minimum atomic E-state index is -0.571. The maximum absolute atomic E-state index is 14.0. The highest BCUT2D eigenvalue weighted by Gasteiger charge is 2.19. The first-order chi connectivity index (χ1) is 9.15. The highest BCUT2D eigenvalue weighted by molar-refractivity contribution is 9.10. The van der Waals surface area contributed by atoms with Gasteiger partial charge in [0.2, 0.25) is 0 Å². The van der Waals surface area contributed by atoms with E-state index in [-0.39, 0.29) is 5.82 Å². The fraction of sp³-hybridized carbons (Fsp3) is 0.200. The SMILES string of the molecule is CCOc1ccccc1C(N)c1c(F)cccc1Br. The Bertz CT molecular complexity index is 554. The summed E-state index contributed by atoms with van der Waals surface area (Å²) in [7, 11) is 0. The topological polar surface area (TPSA) is 35.2 Å². The van der Waals surface area contributed by atoms with Gasteiger partial charge in [-0.1, -0.05) is 40.2 Å². The Morgan fingerprint density at radius 3 is 2.63 bits per heavy atom. The Morgan fingerprint density at radius 1 is 1.21 bits per heavy atom. The normalized spacial score (nSPS) is 12.2. The molecule has 100 valence electrons. The van der Waals surface area contributed by atoms with Gasteiger partial charge in [0.1, 0.15) is 11.6 Å². The molecule has 0 radical (unpaired) electrons. The molecule has 0 saturated carbocycles. The van der Waals surface area contributed by atoms with Crippen LogP contribution in [0.1, 0.15) is 24.1 Å². The summed E-state index contributed by atoms with van der Waals surface area (Å²) >= 11 is 3.35. The van der Waals surface area contributed by atoms with Crippen LogP contribution in [0.4, 0.5) is 4.39 Å². The van der Waals surface area contributed by atoms with E-state index in [0.717, 1.165) is 5.56 Å². The number of ether oxygens (including phenoxy) is 1. The molecule has 0 amide bonds. The van der Waals surface area contributed by atoms with Crippen LogP contribution in [0.15, 0.2) is 46.9 Å². The summed E-state index contributed by atoms with van der Waals surface area (Å²) in [5.41, 5.74) is 7.41. The maximum atomic E-state index is 14.0. The zero-order valence-corrected chi connectivity index (χ0v) is 12.2. The predicted octanol–water partition coefficient (Wildman–Crippen LogP) is 4.04. The molecule has 0 heterocycles. The van der Waals surface area contributed by atoms with Crippen LogP contribution in [-0.4, -0.2) is 6.61 Å². The third kappa shape index (κ3) is 2.96. The lowest BCUT2D eigenvalue weighted by atomic mass is 9.98. The molecule has 0 saturated heterocycles. The molecule has 0 aliphatic rings. The maximum Gasteiger partial charge on any atom is 0.129 e. The first kappa shape index (κ1) is 14.0. The van der Waals surface area contributed by atoms with E-state index in [2.05, 4.69) is 15.9 Å². The summed E-state index contributed by atoms with van der Waals surface area (Å²) in [5, 5.41) is 0. The number of rotatable bonds is 4. The Morgan fingerprint density at radius 2 is 1.95 bits per heavy atom. The number of nitrogens with two attached hydrogens (primary N) is 1. The van der Waals surface area contributed by atoms with Crippen LogP contribution in [0.25, 0.3) is 0 Å². The van der Waals surface area contributed by atoms with Crippen LogP contribution >= 0.6 is 15.9 Å². The molecule has 0 spiro atoms. The van der Waals surface area contributed by atoms with Gasteiger partial charge in [-0.3, -0.25) is 0 Å². The van der Waals surface area contributed by atoms with Crippen molar-refractivity contribution < 1.29 is 9.13 Å². The minimum Gasteiger partial charge on any atom is -0.494 e. The highest BCUT2D eigenvalue weighted by Crippen LogP contribution is 2.33. The first-order valence-electron chi connectivity index (χ1n) is 6.06. The lowest BCUT2D eigenvalue weighted by Gasteiger charge is -2.18. The molecule has 1 unspecified atom stereocenters. The third-order valence-electron chi connectivity index (χ3n) is 2.86. The Labute approximate surface area is 120 Å². The second kappa shape index (κ2) is 6.17. The molecule has 2 rings (SSSR count). The molecule has 4 heteroatoms. The van der Waals surface area contributed by atoms with E-state index >= 15 is 0 Å². The van der Waals surface area contributed by atoms with E-state index in [1.165, 1.54) is 6.07 Å². The predicted molar refractivity (Wildman–Crippen MR) is 77.7 cm³/mol. The summed E-state index contributed by atoms with van der Waals surface area (Å²) in [6.07, 6.45) is 0. The Kier molecular flexibility index (Phi) is 4.56. The average Bonchev–Trinajstić information content (AvgIpc) is 2.39. The molecule has 0 bridgehead atoms. The molecule has 2 nitrogen and oxygen atoms in total. The van der Waals surface area contributed by atoms with Crippen molar-refractivity contribution in [3.8, 4) is 5.75 Å². The van der Waals surface area contributed by atoms with Crippen molar-refractivity contribution in [3.05, 3.63) is 63.9 Å². The number of benzene rings is 2. The molecule has 2 aromatic carbocycles. The highest BCUT2D eigenvalue weighted by atomic mass is 79.9. The van der Waals surface area contributed by atoms with Gasteiger partial charge < -0.3 is 10.5 Å². The average molecular weight is 324 g/mol.